The van der Waals surface area contributed by atoms with Crippen LogP contribution in [0.2, 0.25) is 0 Å². The van der Waals surface area contributed by atoms with Crippen LogP contribution in [0.4, 0.5) is 28.8 Å². The molecule has 0 saturated carbocycles. The summed E-state index contributed by atoms with van der Waals surface area (Å²) in [6.45, 7) is 2.02. The first-order valence-corrected chi connectivity index (χ1v) is 10.8. The molecule has 0 unspecified atom stereocenters. The number of aryl methyl sites for hydroxylation is 1. The zero-order valence-corrected chi connectivity index (χ0v) is 16.7. The van der Waals surface area contributed by atoms with Crippen LogP contribution in [0.5, 0.6) is 0 Å². The van der Waals surface area contributed by atoms with Gasteiger partial charge in [0, 0.05) is 34.2 Å². The van der Waals surface area contributed by atoms with Crippen LogP contribution >= 0.6 is 0 Å². The lowest BCUT2D eigenvalue weighted by atomic mass is 10.2. The summed E-state index contributed by atoms with van der Waals surface area (Å²) in [4.78, 5) is 12.0. The minimum atomic E-state index is -3.34. The number of aromatic amines is 1. The number of hydrogen-bond donors (Lipinski definition) is 4. The van der Waals surface area contributed by atoms with Gasteiger partial charge in [0.1, 0.15) is 5.82 Å². The van der Waals surface area contributed by atoms with E-state index in [2.05, 4.69) is 36.4 Å². The molecule has 0 atom stereocenters. The van der Waals surface area contributed by atoms with E-state index in [0.29, 0.717) is 23.1 Å². The Morgan fingerprint density at radius 1 is 0.931 bits per heavy atom. The predicted octanol–water partition coefficient (Wildman–Crippen LogP) is 4.13. The molecule has 8 nitrogen and oxygen atoms in total. The Morgan fingerprint density at radius 2 is 1.72 bits per heavy atom. The molecule has 0 saturated heterocycles. The van der Waals surface area contributed by atoms with Gasteiger partial charge in [0.25, 0.3) is 0 Å². The number of rotatable bonds is 6. The van der Waals surface area contributed by atoms with Crippen LogP contribution in [0.1, 0.15) is 5.69 Å². The van der Waals surface area contributed by atoms with Gasteiger partial charge in [-0.1, -0.05) is 6.07 Å². The molecular formula is C20H20N6O2S. The number of nitrogens with zero attached hydrogens (tertiary/aromatic N) is 2. The monoisotopic (exact) mass is 408 g/mol. The highest BCUT2D eigenvalue weighted by molar-refractivity contribution is 7.92. The summed E-state index contributed by atoms with van der Waals surface area (Å²) in [5.41, 5.74) is 4.24. The Balaban J connectivity index is 1.52. The number of anilines is 5. The van der Waals surface area contributed by atoms with E-state index in [9.17, 15) is 8.42 Å². The molecule has 0 radical (unpaired) electrons. The van der Waals surface area contributed by atoms with Crippen LogP contribution in [0.25, 0.3) is 10.9 Å². The van der Waals surface area contributed by atoms with Crippen molar-refractivity contribution < 1.29 is 8.42 Å². The normalized spacial score (nSPS) is 11.4. The third-order valence-corrected chi connectivity index (χ3v) is 4.71. The van der Waals surface area contributed by atoms with E-state index in [0.717, 1.165) is 28.5 Å². The summed E-state index contributed by atoms with van der Waals surface area (Å²) >= 11 is 0. The van der Waals surface area contributed by atoms with Gasteiger partial charge >= 0.3 is 0 Å². The molecular weight excluding hydrogens is 388 g/mol. The molecule has 0 bridgehead atoms. The van der Waals surface area contributed by atoms with Crippen LogP contribution in [-0.4, -0.2) is 29.6 Å². The molecule has 0 aliphatic rings. The highest BCUT2D eigenvalue weighted by Gasteiger charge is 2.05. The van der Waals surface area contributed by atoms with Gasteiger partial charge in [0.05, 0.1) is 11.9 Å². The molecule has 0 spiro atoms. The van der Waals surface area contributed by atoms with E-state index >= 15 is 0 Å². The molecule has 0 aliphatic carbocycles. The standard InChI is InChI=1S/C20H20N6O2S/c1-13-10-14-11-16(6-7-18(14)22-13)23-19-8-9-21-20(25-19)24-15-4-3-5-17(12-15)26-29(2,27)28/h3-12,22,26H,1-2H3,(H2,21,23,24,25). The van der Waals surface area contributed by atoms with Crippen LogP contribution in [0.15, 0.2) is 60.8 Å². The highest BCUT2D eigenvalue weighted by Crippen LogP contribution is 2.23. The van der Waals surface area contributed by atoms with Crippen molar-refractivity contribution in [1.29, 1.82) is 0 Å². The number of H-pyrrole nitrogens is 1. The number of nitrogens with one attached hydrogen (secondary N) is 4. The van der Waals surface area contributed by atoms with Gasteiger partial charge in [-0.15, -0.1) is 0 Å². The summed E-state index contributed by atoms with van der Waals surface area (Å²) in [6.07, 6.45) is 2.76. The van der Waals surface area contributed by atoms with Gasteiger partial charge in [-0.05, 0) is 55.5 Å². The zero-order valence-electron chi connectivity index (χ0n) is 15.9. The van der Waals surface area contributed by atoms with Crippen molar-refractivity contribution >= 4 is 49.8 Å². The van der Waals surface area contributed by atoms with E-state index < -0.39 is 10.0 Å². The average Bonchev–Trinajstić information content (AvgIpc) is 3.00. The maximum absolute atomic E-state index is 11.4. The van der Waals surface area contributed by atoms with E-state index in [4.69, 9.17) is 0 Å². The van der Waals surface area contributed by atoms with Gasteiger partial charge in [0.2, 0.25) is 16.0 Å². The summed E-state index contributed by atoms with van der Waals surface area (Å²) in [7, 11) is -3.34. The number of hydrogen-bond acceptors (Lipinski definition) is 6. The molecule has 0 fully saturated rings. The maximum Gasteiger partial charge on any atom is 0.229 e. The fraction of sp³-hybridized carbons (Fsp3) is 0.100. The molecule has 4 aromatic rings. The Morgan fingerprint density at radius 3 is 2.55 bits per heavy atom. The summed E-state index contributed by atoms with van der Waals surface area (Å²) in [6, 6.07) is 16.8. The van der Waals surface area contributed by atoms with Crippen molar-refractivity contribution in [2.24, 2.45) is 0 Å². The second-order valence-electron chi connectivity index (χ2n) is 6.72. The summed E-state index contributed by atoms with van der Waals surface area (Å²) < 4.78 is 25.3. The average molecular weight is 408 g/mol. The molecule has 2 aromatic carbocycles. The first kappa shape index (κ1) is 18.8. The van der Waals surface area contributed by atoms with Crippen molar-refractivity contribution in [3.8, 4) is 0 Å². The molecule has 2 aromatic heterocycles. The first-order valence-electron chi connectivity index (χ1n) is 8.88. The lowest BCUT2D eigenvalue weighted by molar-refractivity contribution is 0.607. The third kappa shape index (κ3) is 4.82. The summed E-state index contributed by atoms with van der Waals surface area (Å²) in [5.74, 6) is 1.03. The molecule has 4 N–H and O–H groups in total. The fourth-order valence-corrected chi connectivity index (χ4v) is 3.55. The van der Waals surface area contributed by atoms with Crippen molar-refractivity contribution in [3.63, 3.8) is 0 Å². The second kappa shape index (κ2) is 7.44. The number of sulfonamides is 1. The second-order valence-corrected chi connectivity index (χ2v) is 8.47. The quantitative estimate of drug-likeness (QED) is 0.382. The van der Waals surface area contributed by atoms with Crippen LogP contribution < -0.4 is 15.4 Å². The molecule has 0 amide bonds. The highest BCUT2D eigenvalue weighted by atomic mass is 32.2. The number of aromatic nitrogens is 3. The lowest BCUT2D eigenvalue weighted by Gasteiger charge is -2.10. The number of fused-ring (bicyclic) bond motifs is 1. The first-order chi connectivity index (χ1) is 13.8. The van der Waals surface area contributed by atoms with Crippen molar-refractivity contribution in [1.82, 2.24) is 15.0 Å². The van der Waals surface area contributed by atoms with E-state index in [1.165, 1.54) is 0 Å². The third-order valence-electron chi connectivity index (χ3n) is 4.11. The van der Waals surface area contributed by atoms with Gasteiger partial charge in [-0.25, -0.2) is 13.4 Å². The SMILES string of the molecule is Cc1cc2cc(Nc3ccnc(Nc4cccc(NS(C)(=O)=O)c4)n3)ccc2[nH]1. The van der Waals surface area contributed by atoms with Gasteiger partial charge in [0.15, 0.2) is 0 Å². The van der Waals surface area contributed by atoms with Gasteiger partial charge in [-0.3, -0.25) is 4.72 Å². The van der Waals surface area contributed by atoms with E-state index in [1.807, 2.05) is 25.1 Å². The van der Waals surface area contributed by atoms with Crippen LogP contribution in [0.3, 0.4) is 0 Å². The predicted molar refractivity (Wildman–Crippen MR) is 117 cm³/mol. The molecule has 0 aliphatic heterocycles. The van der Waals surface area contributed by atoms with Crippen molar-refractivity contribution in [2.45, 2.75) is 6.92 Å². The van der Waals surface area contributed by atoms with E-state index in [1.54, 1.807) is 36.5 Å². The van der Waals surface area contributed by atoms with Gasteiger partial charge in [-0.2, -0.15) is 4.98 Å². The fourth-order valence-electron chi connectivity index (χ4n) is 3.00. The lowest BCUT2D eigenvalue weighted by Crippen LogP contribution is -2.09. The largest absolute Gasteiger partial charge is 0.359 e. The summed E-state index contributed by atoms with van der Waals surface area (Å²) in [5, 5.41) is 7.48. The molecule has 4 rings (SSSR count). The molecule has 148 valence electrons. The van der Waals surface area contributed by atoms with E-state index in [-0.39, 0.29) is 0 Å². The van der Waals surface area contributed by atoms with Crippen LogP contribution in [0, 0.1) is 6.92 Å². The Labute approximate surface area is 168 Å². The molecule has 29 heavy (non-hydrogen) atoms. The number of benzene rings is 2. The topological polar surface area (TPSA) is 112 Å². The minimum Gasteiger partial charge on any atom is -0.359 e. The van der Waals surface area contributed by atoms with Crippen molar-refractivity contribution in [3.05, 3.63) is 66.5 Å². The Kier molecular flexibility index (Phi) is 4.81. The molecule has 9 heteroatoms. The van der Waals surface area contributed by atoms with Crippen molar-refractivity contribution in [2.75, 3.05) is 21.6 Å². The molecule has 2 heterocycles. The maximum atomic E-state index is 11.4. The Bertz CT molecular complexity index is 1280. The van der Waals surface area contributed by atoms with Gasteiger partial charge < -0.3 is 15.6 Å². The Hall–Kier alpha value is -3.59. The zero-order chi connectivity index (χ0) is 20.4. The van der Waals surface area contributed by atoms with Crippen LogP contribution in [-0.2, 0) is 10.0 Å². The smallest absolute Gasteiger partial charge is 0.229 e. The minimum absolute atomic E-state index is 0.394.